The van der Waals surface area contributed by atoms with Crippen molar-refractivity contribution in [2.45, 2.75) is 51.6 Å². The highest BCUT2D eigenvalue weighted by Crippen LogP contribution is 2.26. The van der Waals surface area contributed by atoms with E-state index in [1.165, 1.54) is 37.8 Å². The number of aromatic nitrogens is 2. The highest BCUT2D eigenvalue weighted by Gasteiger charge is 2.19. The molecule has 1 saturated carbocycles. The molecule has 0 saturated heterocycles. The molecule has 2 atom stereocenters. The Morgan fingerprint density at radius 3 is 3.20 bits per heavy atom. The summed E-state index contributed by atoms with van der Waals surface area (Å²) >= 11 is 0. The molecule has 2 rings (SSSR count). The summed E-state index contributed by atoms with van der Waals surface area (Å²) in [6.45, 7) is 3.24. The lowest BCUT2D eigenvalue weighted by Crippen LogP contribution is -2.33. The van der Waals surface area contributed by atoms with Gasteiger partial charge in [-0.1, -0.05) is 26.2 Å². The average molecular weight is 207 g/mol. The van der Waals surface area contributed by atoms with E-state index in [1.54, 1.807) is 0 Å². The molecule has 0 radical (unpaired) electrons. The lowest BCUT2D eigenvalue weighted by Gasteiger charge is -2.29. The first-order chi connectivity index (χ1) is 7.38. The van der Waals surface area contributed by atoms with E-state index in [9.17, 15) is 0 Å². The monoisotopic (exact) mass is 207 g/mol. The predicted molar refractivity (Wildman–Crippen MR) is 61.5 cm³/mol. The van der Waals surface area contributed by atoms with Crippen molar-refractivity contribution in [1.29, 1.82) is 0 Å². The Bertz CT molecular complexity index is 268. The third-order valence-electron chi connectivity index (χ3n) is 3.50. The summed E-state index contributed by atoms with van der Waals surface area (Å²) in [5.74, 6) is 0.943. The minimum absolute atomic E-state index is 0.715. The van der Waals surface area contributed by atoms with Crippen LogP contribution in [0.5, 0.6) is 0 Å². The molecule has 2 unspecified atom stereocenters. The molecule has 0 aromatic carbocycles. The maximum Gasteiger partial charge on any atom is 0.0490 e. The molecule has 0 bridgehead atoms. The van der Waals surface area contributed by atoms with Crippen LogP contribution in [0.15, 0.2) is 12.3 Å². The summed E-state index contributed by atoms with van der Waals surface area (Å²) in [4.78, 5) is 0. The fourth-order valence-corrected chi connectivity index (χ4v) is 2.48. The van der Waals surface area contributed by atoms with E-state index >= 15 is 0 Å². The van der Waals surface area contributed by atoms with Crippen LogP contribution in [0.4, 0.5) is 0 Å². The van der Waals surface area contributed by atoms with Gasteiger partial charge in [0.05, 0.1) is 0 Å². The van der Waals surface area contributed by atoms with Gasteiger partial charge in [0.25, 0.3) is 0 Å². The van der Waals surface area contributed by atoms with Crippen LogP contribution in [0.2, 0.25) is 0 Å². The zero-order chi connectivity index (χ0) is 10.5. The fourth-order valence-electron chi connectivity index (χ4n) is 2.48. The third kappa shape index (κ3) is 3.06. The van der Waals surface area contributed by atoms with Crippen LogP contribution < -0.4 is 5.32 Å². The Morgan fingerprint density at radius 1 is 1.53 bits per heavy atom. The van der Waals surface area contributed by atoms with Crippen molar-refractivity contribution in [3.05, 3.63) is 18.0 Å². The molecule has 1 aromatic heterocycles. The summed E-state index contributed by atoms with van der Waals surface area (Å²) in [5.41, 5.74) is 1.19. The summed E-state index contributed by atoms with van der Waals surface area (Å²) in [6.07, 6.45) is 8.65. The van der Waals surface area contributed by atoms with Crippen molar-refractivity contribution in [1.82, 2.24) is 15.5 Å². The number of nitrogens with zero attached hydrogens (tertiary/aromatic N) is 1. The predicted octanol–water partition coefficient (Wildman–Crippen LogP) is 2.47. The van der Waals surface area contributed by atoms with Crippen LogP contribution in [-0.2, 0) is 6.54 Å². The maximum atomic E-state index is 3.95. The molecule has 0 spiro atoms. The van der Waals surface area contributed by atoms with Crippen LogP contribution in [0.1, 0.15) is 44.7 Å². The van der Waals surface area contributed by atoms with Gasteiger partial charge in [-0.05, 0) is 24.8 Å². The first kappa shape index (κ1) is 10.7. The van der Waals surface area contributed by atoms with E-state index in [4.69, 9.17) is 0 Å². The van der Waals surface area contributed by atoms with Gasteiger partial charge in [-0.15, -0.1) is 0 Å². The lowest BCUT2D eigenvalue weighted by atomic mass is 9.84. The Kier molecular flexibility index (Phi) is 3.78. The number of aromatic amines is 1. The zero-order valence-electron chi connectivity index (χ0n) is 9.50. The van der Waals surface area contributed by atoms with Gasteiger partial charge >= 0.3 is 0 Å². The van der Waals surface area contributed by atoms with E-state index in [0.29, 0.717) is 6.04 Å². The van der Waals surface area contributed by atoms with E-state index in [1.807, 2.05) is 12.3 Å². The third-order valence-corrected chi connectivity index (χ3v) is 3.50. The first-order valence-electron chi connectivity index (χ1n) is 6.10. The molecule has 0 aliphatic heterocycles. The molecule has 1 fully saturated rings. The fraction of sp³-hybridized carbons (Fsp3) is 0.750. The molecule has 2 N–H and O–H groups in total. The largest absolute Gasteiger partial charge is 0.308 e. The van der Waals surface area contributed by atoms with Crippen LogP contribution in [0.25, 0.3) is 0 Å². The maximum absolute atomic E-state index is 3.95. The molecule has 84 valence electrons. The topological polar surface area (TPSA) is 40.7 Å². The van der Waals surface area contributed by atoms with Gasteiger partial charge in [0.15, 0.2) is 0 Å². The molecule has 1 aliphatic rings. The van der Waals surface area contributed by atoms with E-state index < -0.39 is 0 Å². The second-order valence-corrected chi connectivity index (χ2v) is 4.60. The molecule has 1 aromatic rings. The highest BCUT2D eigenvalue weighted by molar-refractivity contribution is 4.97. The van der Waals surface area contributed by atoms with Crippen molar-refractivity contribution in [2.24, 2.45) is 5.92 Å². The summed E-state index contributed by atoms with van der Waals surface area (Å²) in [6, 6.07) is 2.75. The second-order valence-electron chi connectivity index (χ2n) is 4.60. The summed E-state index contributed by atoms with van der Waals surface area (Å²) < 4.78 is 0. The van der Waals surface area contributed by atoms with Gasteiger partial charge in [-0.2, -0.15) is 5.10 Å². The Morgan fingerprint density at radius 2 is 2.47 bits per heavy atom. The number of rotatable bonds is 4. The second kappa shape index (κ2) is 5.31. The van der Waals surface area contributed by atoms with E-state index in [0.717, 1.165) is 12.5 Å². The average Bonchev–Trinajstić information content (AvgIpc) is 2.79. The van der Waals surface area contributed by atoms with Crippen LogP contribution in [0.3, 0.4) is 0 Å². The quantitative estimate of drug-likeness (QED) is 0.796. The number of H-pyrrole nitrogens is 1. The normalized spacial score (nSPS) is 26.7. The van der Waals surface area contributed by atoms with Gasteiger partial charge < -0.3 is 5.32 Å². The standard InChI is InChI=1S/C12H21N3/c1-2-10-4-3-5-11(8-10)13-9-12-6-7-14-15-12/h6-7,10-11,13H,2-5,8-9H2,1H3,(H,14,15). The molecule has 0 amide bonds. The number of hydrogen-bond donors (Lipinski definition) is 2. The highest BCUT2D eigenvalue weighted by atomic mass is 15.1. The molecule has 3 nitrogen and oxygen atoms in total. The minimum atomic E-state index is 0.715. The van der Waals surface area contributed by atoms with E-state index in [2.05, 4.69) is 22.4 Å². The summed E-state index contributed by atoms with van der Waals surface area (Å²) in [7, 11) is 0. The van der Waals surface area contributed by atoms with Crippen LogP contribution in [-0.4, -0.2) is 16.2 Å². The van der Waals surface area contributed by atoms with E-state index in [-0.39, 0.29) is 0 Å². The van der Waals surface area contributed by atoms with Gasteiger partial charge in [0, 0.05) is 24.5 Å². The van der Waals surface area contributed by atoms with Gasteiger partial charge in [0.1, 0.15) is 0 Å². The van der Waals surface area contributed by atoms with Gasteiger partial charge in [-0.25, -0.2) is 0 Å². The van der Waals surface area contributed by atoms with Crippen molar-refractivity contribution in [3.63, 3.8) is 0 Å². The van der Waals surface area contributed by atoms with Crippen molar-refractivity contribution in [3.8, 4) is 0 Å². The zero-order valence-corrected chi connectivity index (χ0v) is 9.50. The Labute approximate surface area is 91.7 Å². The van der Waals surface area contributed by atoms with Crippen molar-refractivity contribution in [2.75, 3.05) is 0 Å². The number of hydrogen-bond acceptors (Lipinski definition) is 2. The Balaban J connectivity index is 1.74. The molecule has 1 heterocycles. The van der Waals surface area contributed by atoms with Crippen molar-refractivity contribution < 1.29 is 0 Å². The molecular weight excluding hydrogens is 186 g/mol. The first-order valence-corrected chi connectivity index (χ1v) is 6.10. The lowest BCUT2D eigenvalue weighted by molar-refractivity contribution is 0.278. The molecular formula is C12H21N3. The van der Waals surface area contributed by atoms with Gasteiger partial charge in [-0.3, -0.25) is 5.10 Å². The molecule has 1 aliphatic carbocycles. The summed E-state index contributed by atoms with van der Waals surface area (Å²) in [5, 5.41) is 10.6. The van der Waals surface area contributed by atoms with Crippen LogP contribution in [0, 0.1) is 5.92 Å². The molecule has 3 heteroatoms. The SMILES string of the molecule is CCC1CCCC(NCc2ccn[nH]2)C1. The molecule has 15 heavy (non-hydrogen) atoms. The van der Waals surface area contributed by atoms with Gasteiger partial charge in [0.2, 0.25) is 0 Å². The number of nitrogens with one attached hydrogen (secondary N) is 2. The van der Waals surface area contributed by atoms with Crippen LogP contribution >= 0.6 is 0 Å². The smallest absolute Gasteiger partial charge is 0.0490 e. The Hall–Kier alpha value is -0.830. The minimum Gasteiger partial charge on any atom is -0.308 e. The van der Waals surface area contributed by atoms with Crippen molar-refractivity contribution >= 4 is 0 Å².